The highest BCUT2D eigenvalue weighted by Crippen LogP contribution is 2.26. The minimum absolute atomic E-state index is 0.000447. The van der Waals surface area contributed by atoms with Gasteiger partial charge >= 0.3 is 12.2 Å². The van der Waals surface area contributed by atoms with E-state index in [4.69, 9.17) is 9.47 Å². The van der Waals surface area contributed by atoms with Crippen molar-refractivity contribution in [1.29, 1.82) is 0 Å². The topological polar surface area (TPSA) is 297 Å². The first-order valence-corrected chi connectivity index (χ1v) is 22.5. The quantitative estimate of drug-likeness (QED) is 0.0355. The number of amides is 11. The van der Waals surface area contributed by atoms with E-state index in [9.17, 15) is 52.7 Å². The average Bonchev–Trinajstić information content (AvgIpc) is 3.64. The fourth-order valence-electron chi connectivity index (χ4n) is 6.36. The number of nitrogens with zero attached hydrogens (tertiary/aromatic N) is 2. The molecule has 0 bridgehead atoms. The largest absolute Gasteiger partial charge is 0.450 e. The van der Waals surface area contributed by atoms with Crippen molar-refractivity contribution in [3.05, 3.63) is 0 Å². The second-order valence-corrected chi connectivity index (χ2v) is 16.3. The van der Waals surface area contributed by atoms with Gasteiger partial charge in [-0.05, 0) is 73.3 Å². The van der Waals surface area contributed by atoms with Crippen LogP contribution >= 0.6 is 23.5 Å². The number of unbranched alkanes of at least 4 members (excludes halogenated alkanes) is 1. The van der Waals surface area contributed by atoms with Gasteiger partial charge < -0.3 is 46.7 Å². The van der Waals surface area contributed by atoms with Crippen LogP contribution in [0.15, 0.2) is 0 Å². The summed E-state index contributed by atoms with van der Waals surface area (Å²) in [6, 6.07) is -4.80. The van der Waals surface area contributed by atoms with Crippen molar-refractivity contribution in [2.75, 3.05) is 32.3 Å². The first-order chi connectivity index (χ1) is 28.8. The predicted octanol–water partition coefficient (Wildman–Crippen LogP) is -0.803. The molecule has 7 unspecified atom stereocenters. The Kier molecular flexibility index (Phi) is 21.8. The van der Waals surface area contributed by atoms with E-state index in [1.54, 1.807) is 26.4 Å². The zero-order chi connectivity index (χ0) is 46.0. The van der Waals surface area contributed by atoms with Gasteiger partial charge in [-0.15, -0.1) is 0 Å². The monoisotopic (exact) mass is 901 g/mol. The molecule has 24 heteroatoms. The fourth-order valence-corrected chi connectivity index (χ4v) is 7.60. The molecule has 61 heavy (non-hydrogen) atoms. The predicted molar refractivity (Wildman–Crippen MR) is 222 cm³/mol. The summed E-state index contributed by atoms with van der Waals surface area (Å²) < 4.78 is 9.78. The van der Waals surface area contributed by atoms with E-state index in [0.717, 1.165) is 9.80 Å². The lowest BCUT2D eigenvalue weighted by Gasteiger charge is -2.26. The van der Waals surface area contributed by atoms with Gasteiger partial charge in [-0.1, -0.05) is 0 Å². The van der Waals surface area contributed by atoms with Gasteiger partial charge in [0.1, 0.15) is 18.1 Å². The van der Waals surface area contributed by atoms with E-state index < -0.39 is 125 Å². The Morgan fingerprint density at radius 2 is 1.07 bits per heavy atom. The summed E-state index contributed by atoms with van der Waals surface area (Å²) in [7, 11) is 0. The van der Waals surface area contributed by atoms with Crippen molar-refractivity contribution in [2.45, 2.75) is 133 Å². The molecule has 0 aliphatic carbocycles. The second-order valence-electron chi connectivity index (χ2n) is 14.2. The van der Waals surface area contributed by atoms with Crippen LogP contribution in [0.3, 0.4) is 0 Å². The maximum absolute atomic E-state index is 13.7. The van der Waals surface area contributed by atoms with Gasteiger partial charge in [0.05, 0.1) is 36.0 Å². The van der Waals surface area contributed by atoms with E-state index in [0.29, 0.717) is 12.8 Å². The molecule has 2 rings (SSSR count). The van der Waals surface area contributed by atoms with Gasteiger partial charge in [0.15, 0.2) is 0 Å². The number of hydrogen-bond acceptors (Lipinski definition) is 15. The molecule has 22 nitrogen and oxygen atoms in total. The molecule has 342 valence electrons. The fraction of sp³-hybridized carbons (Fsp3) is 0.703. The SMILES string of the molecule is CCOC(=O)NCCCCC(NC(=O)OCC)C(=O)NC(CC(=O)NC(C)NC(=O)C(C)N1C(=O)CC(SC)C1=O)CC(=O)NC(C)NC(=O)C(C)N1C(=O)CC(SC)C1=O. The lowest BCUT2D eigenvalue weighted by atomic mass is 10.1. The minimum atomic E-state index is -1.24. The van der Waals surface area contributed by atoms with Crippen LogP contribution in [0.2, 0.25) is 0 Å². The number of rotatable bonds is 24. The van der Waals surface area contributed by atoms with Crippen molar-refractivity contribution in [1.82, 2.24) is 47.0 Å². The van der Waals surface area contributed by atoms with Crippen molar-refractivity contribution in [3.63, 3.8) is 0 Å². The Hall–Kier alpha value is -5.13. The van der Waals surface area contributed by atoms with Gasteiger partial charge in [-0.2, -0.15) is 23.5 Å². The highest BCUT2D eigenvalue weighted by atomic mass is 32.2. The number of likely N-dealkylation sites (tertiary alicyclic amines) is 2. The third-order valence-electron chi connectivity index (χ3n) is 9.42. The van der Waals surface area contributed by atoms with Crippen molar-refractivity contribution < 1.29 is 62.2 Å². The van der Waals surface area contributed by atoms with Gasteiger partial charge in [0.25, 0.3) is 0 Å². The van der Waals surface area contributed by atoms with E-state index in [1.165, 1.54) is 51.2 Å². The Bertz CT molecular complexity index is 1570. The normalized spacial score (nSPS) is 19.1. The summed E-state index contributed by atoms with van der Waals surface area (Å²) in [5.41, 5.74) is 0. The Balaban J connectivity index is 2.18. The van der Waals surface area contributed by atoms with E-state index in [1.807, 2.05) is 0 Å². The van der Waals surface area contributed by atoms with Crippen LogP contribution in [-0.2, 0) is 52.6 Å². The van der Waals surface area contributed by atoms with Crippen LogP contribution in [0.4, 0.5) is 9.59 Å². The zero-order valence-corrected chi connectivity index (χ0v) is 37.3. The van der Waals surface area contributed by atoms with Gasteiger partial charge in [-0.3, -0.25) is 53.0 Å². The molecule has 0 aromatic carbocycles. The molecule has 2 fully saturated rings. The molecular formula is C37H59N9O13S2. The third-order valence-corrected chi connectivity index (χ3v) is 11.3. The number of carbonyl (C=O) groups excluding carboxylic acids is 11. The molecule has 2 heterocycles. The summed E-state index contributed by atoms with van der Waals surface area (Å²) in [6.45, 7) is 9.20. The first kappa shape index (κ1) is 52.0. The van der Waals surface area contributed by atoms with Gasteiger partial charge in [0.2, 0.25) is 53.2 Å². The number of ether oxygens (including phenoxy) is 2. The second kappa shape index (κ2) is 25.6. The Morgan fingerprint density at radius 1 is 0.623 bits per heavy atom. The average molecular weight is 902 g/mol. The zero-order valence-electron chi connectivity index (χ0n) is 35.7. The smallest absolute Gasteiger partial charge is 0.407 e. The summed E-state index contributed by atoms with van der Waals surface area (Å²) in [6.07, 6.45) is -0.632. The lowest BCUT2D eigenvalue weighted by molar-refractivity contribution is -0.146. The maximum Gasteiger partial charge on any atom is 0.407 e. The van der Waals surface area contributed by atoms with E-state index in [2.05, 4.69) is 37.2 Å². The standard InChI is InChI=1S/C37H59N9O13S2/c1-9-58-36(56)38-14-12-11-13-24(44-37(57)59-10-2)33(53)43-23(15-27(47)39-21(5)41-31(51)19(3)45-29(49)17-25(60-7)34(45)54)16-28(48)40-22(6)42-32(52)20(4)46-30(50)18-26(61-8)35(46)55/h19-26H,9-18H2,1-8H3,(H,38,56)(H,39,47)(H,40,48)(H,41,51)(H,42,52)(H,43,53)(H,44,57). The molecule has 0 spiro atoms. The number of thioether (sulfide) groups is 2. The number of imide groups is 2. The minimum Gasteiger partial charge on any atom is -0.450 e. The van der Waals surface area contributed by atoms with E-state index in [-0.39, 0.29) is 39.0 Å². The molecule has 0 saturated carbocycles. The first-order valence-electron chi connectivity index (χ1n) is 19.9. The highest BCUT2D eigenvalue weighted by Gasteiger charge is 2.44. The third kappa shape index (κ3) is 16.3. The summed E-state index contributed by atoms with van der Waals surface area (Å²) >= 11 is 2.39. The summed E-state index contributed by atoms with van der Waals surface area (Å²) in [5, 5.41) is 16.6. The van der Waals surface area contributed by atoms with Crippen LogP contribution in [0.1, 0.15) is 86.5 Å². The molecule has 2 aliphatic rings. The van der Waals surface area contributed by atoms with Gasteiger partial charge in [-0.25, -0.2) is 9.59 Å². The Labute approximate surface area is 362 Å². The molecule has 0 aromatic heterocycles. The van der Waals surface area contributed by atoms with Crippen LogP contribution in [0.25, 0.3) is 0 Å². The molecule has 2 saturated heterocycles. The highest BCUT2D eigenvalue weighted by molar-refractivity contribution is 8.00. The lowest BCUT2D eigenvalue weighted by Crippen LogP contribution is -2.56. The number of carbonyl (C=O) groups is 11. The van der Waals surface area contributed by atoms with Crippen LogP contribution in [0.5, 0.6) is 0 Å². The van der Waals surface area contributed by atoms with Crippen LogP contribution < -0.4 is 37.2 Å². The van der Waals surface area contributed by atoms with E-state index >= 15 is 0 Å². The Morgan fingerprint density at radius 3 is 1.48 bits per heavy atom. The van der Waals surface area contributed by atoms with Crippen LogP contribution in [0, 0.1) is 0 Å². The van der Waals surface area contributed by atoms with Crippen molar-refractivity contribution in [3.8, 4) is 0 Å². The number of alkyl carbamates (subject to hydrolysis) is 2. The van der Waals surface area contributed by atoms with Crippen molar-refractivity contribution in [2.24, 2.45) is 0 Å². The van der Waals surface area contributed by atoms with Crippen molar-refractivity contribution >= 4 is 88.9 Å². The molecule has 7 atom stereocenters. The molecular weight excluding hydrogens is 843 g/mol. The molecule has 0 radical (unpaired) electrons. The molecule has 0 aromatic rings. The van der Waals surface area contributed by atoms with Crippen LogP contribution in [-0.4, -0.2) is 154 Å². The molecule has 11 amide bonds. The van der Waals surface area contributed by atoms with Gasteiger partial charge in [0, 0.05) is 38.3 Å². The summed E-state index contributed by atoms with van der Waals surface area (Å²) in [4.78, 5) is 142. The molecule has 7 N–H and O–H groups in total. The number of hydrogen-bond donors (Lipinski definition) is 7. The molecule has 2 aliphatic heterocycles. The number of nitrogens with one attached hydrogen (secondary N) is 7. The summed E-state index contributed by atoms with van der Waals surface area (Å²) in [5.74, 6) is -5.72. The maximum atomic E-state index is 13.7.